The zero-order valence-corrected chi connectivity index (χ0v) is 25.5. The van der Waals surface area contributed by atoms with Crippen molar-refractivity contribution in [3.05, 3.63) is 0 Å². The molecule has 0 aromatic carbocycles. The van der Waals surface area contributed by atoms with Crippen molar-refractivity contribution in [2.24, 2.45) is 17.8 Å². The first kappa shape index (κ1) is 31.6. The predicted octanol–water partition coefficient (Wildman–Crippen LogP) is 1.51. The van der Waals surface area contributed by atoms with Crippen LogP contribution in [0.1, 0.15) is 72.1 Å². The number of carbonyl (C=O) groups excluding carboxylic acids is 2. The maximum absolute atomic E-state index is 12.6. The Kier molecular flexibility index (Phi) is 12.1. The highest BCUT2D eigenvalue weighted by Gasteiger charge is 2.34. The molecule has 4 fully saturated rings. The van der Waals surface area contributed by atoms with Crippen molar-refractivity contribution in [2.75, 3.05) is 66.0 Å². The molecule has 10 nitrogen and oxygen atoms in total. The molecule has 1 amide bonds. The minimum Gasteiger partial charge on any atom is -0.459 e. The largest absolute Gasteiger partial charge is 0.459 e. The standard InChI is InChI=1S/C30H56N6O4/c1-30(2,3)40-27(37)21-31-28(38)23-7-5-22(6-8-23)24-19-32-29(33-20-24)34-25-9-11-26(12-10-25)39-18-17-36-15-13-35(4)14-16-36/h22-26,29,32-34H,5-21H2,1-4H3,(H,31,38). The second kappa shape index (κ2) is 15.3. The second-order valence-corrected chi connectivity index (χ2v) is 13.6. The average Bonchev–Trinajstić information content (AvgIpc) is 2.93. The molecule has 2 heterocycles. The summed E-state index contributed by atoms with van der Waals surface area (Å²) in [6, 6.07) is 0.536. The normalized spacial score (nSPS) is 32.9. The van der Waals surface area contributed by atoms with Crippen molar-refractivity contribution in [2.45, 2.75) is 96.2 Å². The summed E-state index contributed by atoms with van der Waals surface area (Å²) in [4.78, 5) is 29.4. The topological polar surface area (TPSA) is 107 Å². The summed E-state index contributed by atoms with van der Waals surface area (Å²) in [6.07, 6.45) is 9.13. The monoisotopic (exact) mass is 564 g/mol. The minimum atomic E-state index is -0.532. The number of piperazine rings is 1. The van der Waals surface area contributed by atoms with Gasteiger partial charge in [0.05, 0.1) is 12.7 Å². The maximum atomic E-state index is 12.6. The van der Waals surface area contributed by atoms with Crippen LogP contribution in [0.25, 0.3) is 0 Å². The highest BCUT2D eigenvalue weighted by Crippen LogP contribution is 2.34. The molecule has 40 heavy (non-hydrogen) atoms. The van der Waals surface area contributed by atoms with Crippen LogP contribution >= 0.6 is 0 Å². The molecule has 2 aliphatic carbocycles. The number of carbonyl (C=O) groups is 2. The van der Waals surface area contributed by atoms with Crippen molar-refractivity contribution in [3.63, 3.8) is 0 Å². The second-order valence-electron chi connectivity index (χ2n) is 13.6. The van der Waals surface area contributed by atoms with Gasteiger partial charge in [-0.05, 0) is 91.0 Å². The lowest BCUT2D eigenvalue weighted by atomic mass is 9.75. The first-order chi connectivity index (χ1) is 19.1. The summed E-state index contributed by atoms with van der Waals surface area (Å²) < 4.78 is 11.5. The third-order valence-electron chi connectivity index (χ3n) is 9.24. The third-order valence-corrected chi connectivity index (χ3v) is 9.24. The van der Waals surface area contributed by atoms with Crippen molar-refractivity contribution in [1.29, 1.82) is 0 Å². The lowest BCUT2D eigenvalue weighted by Gasteiger charge is -2.40. The molecule has 2 saturated carbocycles. The molecular formula is C30H56N6O4. The van der Waals surface area contributed by atoms with Crippen LogP contribution in [0.2, 0.25) is 0 Å². The summed E-state index contributed by atoms with van der Waals surface area (Å²) in [5.74, 6) is 0.838. The Morgan fingerprint density at radius 3 is 2.15 bits per heavy atom. The Hall–Kier alpha value is -1.30. The molecule has 0 aromatic heterocycles. The van der Waals surface area contributed by atoms with Gasteiger partial charge < -0.3 is 19.7 Å². The van der Waals surface area contributed by atoms with Gasteiger partial charge in [0, 0.05) is 57.8 Å². The number of likely N-dealkylation sites (N-methyl/N-ethyl adjacent to an activating group) is 1. The van der Waals surface area contributed by atoms with Crippen LogP contribution in [0.4, 0.5) is 0 Å². The number of nitrogens with zero attached hydrogens (tertiary/aromatic N) is 2. The zero-order valence-electron chi connectivity index (χ0n) is 25.5. The fraction of sp³-hybridized carbons (Fsp3) is 0.933. The molecule has 0 atom stereocenters. The van der Waals surface area contributed by atoms with Gasteiger partial charge in [0.15, 0.2) is 0 Å². The minimum absolute atomic E-state index is 0.00324. The van der Waals surface area contributed by atoms with Crippen LogP contribution in [-0.4, -0.2) is 112 Å². The maximum Gasteiger partial charge on any atom is 0.325 e. The van der Waals surface area contributed by atoms with Crippen molar-refractivity contribution in [3.8, 4) is 0 Å². The van der Waals surface area contributed by atoms with Crippen molar-refractivity contribution < 1.29 is 19.1 Å². The van der Waals surface area contributed by atoms with Gasteiger partial charge in [-0.3, -0.25) is 30.4 Å². The number of rotatable bonds is 10. The molecule has 10 heteroatoms. The van der Waals surface area contributed by atoms with E-state index in [-0.39, 0.29) is 30.6 Å². The van der Waals surface area contributed by atoms with Gasteiger partial charge in [0.25, 0.3) is 0 Å². The average molecular weight is 565 g/mol. The van der Waals surface area contributed by atoms with E-state index in [0.717, 1.165) is 77.9 Å². The molecule has 0 spiro atoms. The molecule has 4 aliphatic rings. The Morgan fingerprint density at radius 2 is 1.52 bits per heavy atom. The van der Waals surface area contributed by atoms with Crippen LogP contribution in [0.3, 0.4) is 0 Å². The number of ether oxygens (including phenoxy) is 2. The van der Waals surface area contributed by atoms with Crippen LogP contribution < -0.4 is 21.3 Å². The molecule has 0 unspecified atom stereocenters. The molecule has 2 saturated heterocycles. The molecule has 4 N–H and O–H groups in total. The number of hydrogen-bond donors (Lipinski definition) is 4. The summed E-state index contributed by atoms with van der Waals surface area (Å²) in [5.41, 5.74) is -0.532. The van der Waals surface area contributed by atoms with Gasteiger partial charge in [0.1, 0.15) is 18.4 Å². The lowest BCUT2D eigenvalue weighted by Crippen LogP contribution is -2.63. The summed E-state index contributed by atoms with van der Waals surface area (Å²) in [7, 11) is 2.20. The van der Waals surface area contributed by atoms with E-state index in [1.54, 1.807) is 0 Å². The van der Waals surface area contributed by atoms with Crippen LogP contribution in [0.5, 0.6) is 0 Å². The Morgan fingerprint density at radius 1 is 0.875 bits per heavy atom. The van der Waals surface area contributed by atoms with Crippen molar-refractivity contribution >= 4 is 11.9 Å². The quantitative estimate of drug-likeness (QED) is 0.294. The first-order valence-electron chi connectivity index (χ1n) is 15.9. The summed E-state index contributed by atoms with van der Waals surface area (Å²) in [6.45, 7) is 14.0. The first-order valence-corrected chi connectivity index (χ1v) is 15.9. The lowest BCUT2D eigenvalue weighted by molar-refractivity contribution is -0.154. The Labute approximate surface area is 242 Å². The fourth-order valence-corrected chi connectivity index (χ4v) is 6.72. The predicted molar refractivity (Wildman–Crippen MR) is 157 cm³/mol. The molecule has 0 bridgehead atoms. The van der Waals surface area contributed by atoms with E-state index < -0.39 is 5.60 Å². The van der Waals surface area contributed by atoms with Crippen LogP contribution in [-0.2, 0) is 19.1 Å². The summed E-state index contributed by atoms with van der Waals surface area (Å²) in [5, 5.41) is 14.0. The van der Waals surface area contributed by atoms with E-state index in [1.165, 1.54) is 25.9 Å². The van der Waals surface area contributed by atoms with Gasteiger partial charge in [-0.1, -0.05) is 0 Å². The smallest absolute Gasteiger partial charge is 0.325 e. The highest BCUT2D eigenvalue weighted by atomic mass is 16.6. The van der Waals surface area contributed by atoms with Gasteiger partial charge in [-0.15, -0.1) is 0 Å². The fourth-order valence-electron chi connectivity index (χ4n) is 6.72. The number of nitrogens with one attached hydrogen (secondary N) is 4. The Bertz CT molecular complexity index is 776. The summed E-state index contributed by atoms with van der Waals surface area (Å²) >= 11 is 0. The van der Waals surface area contributed by atoms with Gasteiger partial charge in [-0.2, -0.15) is 0 Å². The molecule has 4 rings (SSSR count). The van der Waals surface area contributed by atoms with Gasteiger partial charge >= 0.3 is 5.97 Å². The zero-order chi connectivity index (χ0) is 28.5. The van der Waals surface area contributed by atoms with E-state index in [4.69, 9.17) is 9.47 Å². The van der Waals surface area contributed by atoms with E-state index in [2.05, 4.69) is 38.1 Å². The molecule has 0 radical (unpaired) electrons. The SMILES string of the molecule is CN1CCN(CCOC2CCC(NC3NCC(C4CCC(C(=O)NCC(=O)OC(C)(C)C)CC4)CN3)CC2)CC1. The number of hydrogen-bond acceptors (Lipinski definition) is 9. The van der Waals surface area contributed by atoms with E-state index in [9.17, 15) is 9.59 Å². The molecule has 0 aromatic rings. The number of esters is 1. The van der Waals surface area contributed by atoms with Crippen molar-refractivity contribution in [1.82, 2.24) is 31.1 Å². The Balaban J connectivity index is 1.04. The molecular weight excluding hydrogens is 508 g/mol. The number of amides is 1. The van der Waals surface area contributed by atoms with E-state index in [1.807, 2.05) is 20.8 Å². The third kappa shape index (κ3) is 10.5. The molecule has 230 valence electrons. The molecule has 2 aliphatic heterocycles. The van der Waals surface area contributed by atoms with Crippen LogP contribution in [0, 0.1) is 17.8 Å². The van der Waals surface area contributed by atoms with Gasteiger partial charge in [-0.25, -0.2) is 0 Å². The van der Waals surface area contributed by atoms with E-state index >= 15 is 0 Å². The van der Waals surface area contributed by atoms with Gasteiger partial charge in [0.2, 0.25) is 5.91 Å². The van der Waals surface area contributed by atoms with E-state index in [0.29, 0.717) is 24.0 Å². The van der Waals surface area contributed by atoms with Crippen LogP contribution in [0.15, 0.2) is 0 Å². The highest BCUT2D eigenvalue weighted by molar-refractivity contribution is 5.83.